The molecule has 0 N–H and O–H groups in total. The van der Waals surface area contributed by atoms with Crippen LogP contribution in [0, 0.1) is 13.8 Å². The number of benzene rings is 6. The van der Waals surface area contributed by atoms with Crippen LogP contribution in [0.3, 0.4) is 0 Å². The Hall–Kier alpha value is -3.82. The zero-order valence-electron chi connectivity index (χ0n) is 30.5. The van der Waals surface area contributed by atoms with E-state index in [0.29, 0.717) is 0 Å². The Morgan fingerprint density at radius 1 is 0.327 bits per heavy atom. The summed E-state index contributed by atoms with van der Waals surface area (Å²) in [5, 5.41) is 8.36. The first-order chi connectivity index (χ1) is 23.3. The maximum absolute atomic E-state index is 2.37. The van der Waals surface area contributed by atoms with Crippen molar-refractivity contribution in [1.82, 2.24) is 0 Å². The van der Waals surface area contributed by atoms with Crippen LogP contribution in [0.5, 0.6) is 0 Å². The van der Waals surface area contributed by atoms with Gasteiger partial charge in [0.05, 0.1) is 0 Å². The lowest BCUT2D eigenvalue weighted by atomic mass is 9.87. The number of hydrogen-bond donors (Lipinski definition) is 0. The third kappa shape index (κ3) is 8.50. The molecule has 0 spiro atoms. The Morgan fingerprint density at radius 3 is 0.796 bits per heavy atom. The van der Waals surface area contributed by atoms with Crippen molar-refractivity contribution in [2.45, 2.75) is 72.6 Å². The molecule has 0 radical (unpaired) electrons. The maximum atomic E-state index is 2.37. The van der Waals surface area contributed by atoms with Crippen LogP contribution in [0.4, 0.5) is 0 Å². The van der Waals surface area contributed by atoms with Crippen LogP contribution < -0.4 is 31.8 Å². The fourth-order valence-corrected chi connectivity index (χ4v) is 10.7. The lowest BCUT2D eigenvalue weighted by Crippen LogP contribution is -2.22. The third-order valence-electron chi connectivity index (χ3n) is 9.36. The highest BCUT2D eigenvalue weighted by Crippen LogP contribution is 2.36. The molecular formula is C47H50P2. The van der Waals surface area contributed by atoms with Crippen LogP contribution in [0.2, 0.25) is 0 Å². The van der Waals surface area contributed by atoms with Gasteiger partial charge in [-0.1, -0.05) is 198 Å². The molecule has 0 heterocycles. The van der Waals surface area contributed by atoms with Gasteiger partial charge < -0.3 is 0 Å². The van der Waals surface area contributed by atoms with E-state index in [1.807, 2.05) is 0 Å². The van der Waals surface area contributed by atoms with Crippen LogP contribution in [0.1, 0.15) is 74.9 Å². The minimum absolute atomic E-state index is 0.144. The van der Waals surface area contributed by atoms with E-state index >= 15 is 0 Å². The fraction of sp³-hybridized carbons (Fsp3) is 0.234. The van der Waals surface area contributed by atoms with Gasteiger partial charge >= 0.3 is 0 Å². The fourth-order valence-electron chi connectivity index (χ4n) is 6.26. The van der Waals surface area contributed by atoms with E-state index in [1.54, 1.807) is 0 Å². The van der Waals surface area contributed by atoms with E-state index in [2.05, 4.69) is 201 Å². The second-order valence-corrected chi connectivity index (χ2v) is 19.9. The minimum atomic E-state index is -0.643. The molecule has 0 amide bonds. The Labute approximate surface area is 298 Å². The van der Waals surface area contributed by atoms with Gasteiger partial charge in [0.25, 0.3) is 0 Å². The van der Waals surface area contributed by atoms with Crippen molar-refractivity contribution in [3.05, 3.63) is 179 Å². The zero-order chi connectivity index (χ0) is 34.8. The molecule has 49 heavy (non-hydrogen) atoms. The Balaban J connectivity index is 1.25. The predicted molar refractivity (Wildman–Crippen MR) is 220 cm³/mol. The standard InChI is InChI=1S/C47H50P2/c1-34-9-21-40(22-10-34)48(44-29-17-38(18-30-44)46(3,4)5)42-25-13-36(14-26-42)33-37-15-27-43(28-16-37)49(41-23-11-35(2)12-24-41)45-31-19-39(20-32-45)47(6,7)8/h9-32H,33H2,1-8H3. The molecule has 0 saturated carbocycles. The van der Waals surface area contributed by atoms with Crippen LogP contribution in [-0.4, -0.2) is 0 Å². The molecule has 6 rings (SSSR count). The summed E-state index contributed by atoms with van der Waals surface area (Å²) >= 11 is 0. The highest BCUT2D eigenvalue weighted by molar-refractivity contribution is 7.80. The van der Waals surface area contributed by atoms with E-state index in [-0.39, 0.29) is 10.8 Å². The molecule has 0 aliphatic heterocycles. The Bertz CT molecular complexity index is 1800. The lowest BCUT2D eigenvalue weighted by molar-refractivity contribution is 0.590. The summed E-state index contributed by atoms with van der Waals surface area (Å²) in [6.07, 6.45) is 0.923. The second-order valence-electron chi connectivity index (χ2n) is 15.4. The molecule has 0 aliphatic rings. The summed E-state index contributed by atoms with van der Waals surface area (Å²) in [5.74, 6) is 0. The van der Waals surface area contributed by atoms with Crippen LogP contribution in [0.15, 0.2) is 146 Å². The monoisotopic (exact) mass is 676 g/mol. The van der Waals surface area contributed by atoms with Gasteiger partial charge in [-0.2, -0.15) is 0 Å². The summed E-state index contributed by atoms with van der Waals surface area (Å²) in [7, 11) is -1.29. The summed E-state index contributed by atoms with van der Waals surface area (Å²) in [6.45, 7) is 18.0. The summed E-state index contributed by atoms with van der Waals surface area (Å²) < 4.78 is 0. The van der Waals surface area contributed by atoms with Crippen LogP contribution in [0.25, 0.3) is 0 Å². The molecule has 2 atom stereocenters. The van der Waals surface area contributed by atoms with E-state index < -0.39 is 15.8 Å². The van der Waals surface area contributed by atoms with E-state index in [9.17, 15) is 0 Å². The molecule has 0 fully saturated rings. The quantitative estimate of drug-likeness (QED) is 0.141. The van der Waals surface area contributed by atoms with E-state index in [4.69, 9.17) is 0 Å². The Kier molecular flexibility index (Phi) is 10.4. The van der Waals surface area contributed by atoms with Gasteiger partial charge in [-0.05, 0) is 101 Å². The maximum Gasteiger partial charge on any atom is -0.00258 e. The largest absolute Gasteiger partial charge is 0.0587 e. The first-order valence-electron chi connectivity index (χ1n) is 17.5. The van der Waals surface area contributed by atoms with Crippen molar-refractivity contribution in [3.8, 4) is 0 Å². The van der Waals surface area contributed by atoms with Gasteiger partial charge in [0.2, 0.25) is 0 Å². The number of hydrogen-bond acceptors (Lipinski definition) is 0. The first kappa shape index (κ1) is 35.0. The van der Waals surface area contributed by atoms with Crippen LogP contribution >= 0.6 is 15.8 Å². The average molecular weight is 677 g/mol. The molecule has 248 valence electrons. The highest BCUT2D eigenvalue weighted by Gasteiger charge is 2.21. The van der Waals surface area contributed by atoms with Crippen molar-refractivity contribution >= 4 is 47.7 Å². The SMILES string of the molecule is Cc1ccc(P(c2ccc(Cc3ccc(P(c4ccc(C)cc4)c4ccc(C(C)(C)C)cc4)cc3)cc2)c2ccc(C(C)(C)C)cc2)cc1. The smallest absolute Gasteiger partial charge is 0.00258 e. The minimum Gasteiger partial charge on any atom is -0.0587 e. The summed E-state index contributed by atoms with van der Waals surface area (Å²) in [5.41, 5.74) is 8.33. The molecule has 0 nitrogen and oxygen atoms in total. The molecule has 0 bridgehead atoms. The number of aryl methyl sites for hydroxylation is 2. The highest BCUT2D eigenvalue weighted by atomic mass is 31.1. The topological polar surface area (TPSA) is 0 Å². The molecule has 0 saturated heterocycles. The van der Waals surface area contributed by atoms with Gasteiger partial charge in [-0.25, -0.2) is 0 Å². The molecule has 0 aliphatic carbocycles. The second kappa shape index (κ2) is 14.6. The van der Waals surface area contributed by atoms with Crippen molar-refractivity contribution in [2.24, 2.45) is 0 Å². The van der Waals surface area contributed by atoms with Gasteiger partial charge in [0.1, 0.15) is 0 Å². The Morgan fingerprint density at radius 2 is 0.551 bits per heavy atom. The normalized spacial score (nSPS) is 13.2. The van der Waals surface area contributed by atoms with Crippen LogP contribution in [-0.2, 0) is 17.3 Å². The molecule has 2 heteroatoms. The lowest BCUT2D eigenvalue weighted by Gasteiger charge is -2.23. The zero-order valence-corrected chi connectivity index (χ0v) is 32.2. The van der Waals surface area contributed by atoms with Gasteiger partial charge in [0.15, 0.2) is 0 Å². The van der Waals surface area contributed by atoms with Crippen molar-refractivity contribution in [2.75, 3.05) is 0 Å². The number of rotatable bonds is 8. The molecule has 6 aromatic carbocycles. The molecule has 6 aromatic rings. The van der Waals surface area contributed by atoms with Crippen molar-refractivity contribution < 1.29 is 0 Å². The molecular weight excluding hydrogens is 626 g/mol. The van der Waals surface area contributed by atoms with Gasteiger partial charge in [-0.15, -0.1) is 0 Å². The summed E-state index contributed by atoms with van der Waals surface area (Å²) in [4.78, 5) is 0. The molecule has 2 unspecified atom stereocenters. The molecule has 0 aromatic heterocycles. The van der Waals surface area contributed by atoms with Gasteiger partial charge in [0, 0.05) is 0 Å². The predicted octanol–water partition coefficient (Wildman–Crippen LogP) is 10.0. The average Bonchev–Trinajstić information content (AvgIpc) is 3.08. The summed E-state index contributed by atoms with van der Waals surface area (Å²) in [6, 6.07) is 55.8. The van der Waals surface area contributed by atoms with Crippen molar-refractivity contribution in [3.63, 3.8) is 0 Å². The van der Waals surface area contributed by atoms with E-state index in [1.165, 1.54) is 65.2 Å². The van der Waals surface area contributed by atoms with Gasteiger partial charge in [-0.3, -0.25) is 0 Å². The first-order valence-corrected chi connectivity index (χ1v) is 20.2. The van der Waals surface area contributed by atoms with E-state index in [0.717, 1.165) is 6.42 Å². The third-order valence-corrected chi connectivity index (χ3v) is 14.3. The van der Waals surface area contributed by atoms with Crippen molar-refractivity contribution in [1.29, 1.82) is 0 Å².